The smallest absolute Gasteiger partial charge is 0.319 e. The number of halogens is 2. The van der Waals surface area contributed by atoms with Gasteiger partial charge in [0.15, 0.2) is 11.6 Å². The van der Waals surface area contributed by atoms with Crippen LogP contribution in [0.1, 0.15) is 69.4 Å². The molecule has 6 rings (SSSR count). The first kappa shape index (κ1) is 34.6. The predicted octanol–water partition coefficient (Wildman–Crippen LogP) is 5.21. The molecule has 3 aliphatic heterocycles. The van der Waals surface area contributed by atoms with Crippen LogP contribution >= 0.6 is 0 Å². The molecule has 3 aromatic rings. The molecule has 6 heterocycles. The number of terminal acetylenes is 1. The highest BCUT2D eigenvalue weighted by Gasteiger charge is 2.45. The number of fused-ring (bicyclic) bond motifs is 2. The predicted molar refractivity (Wildman–Crippen MR) is 176 cm³/mol. The zero-order valence-electron chi connectivity index (χ0n) is 27.7. The van der Waals surface area contributed by atoms with Crippen LogP contribution in [0.5, 0.6) is 6.01 Å². The molecular weight excluding hydrogens is 590 g/mol. The van der Waals surface area contributed by atoms with E-state index in [1.54, 1.807) is 40.0 Å². The highest BCUT2D eigenvalue weighted by Crippen LogP contribution is 2.39. The van der Waals surface area contributed by atoms with Crippen LogP contribution in [0.3, 0.4) is 0 Å². The van der Waals surface area contributed by atoms with Crippen molar-refractivity contribution >= 4 is 28.7 Å². The fourth-order valence-corrected chi connectivity index (χ4v) is 6.36. The molecule has 0 atom stereocenters. The molecule has 0 unspecified atom stereocenters. The number of carbonyl (C=O) groups excluding carboxylic acids is 1. The lowest BCUT2D eigenvalue weighted by atomic mass is 9.95. The molecule has 3 aromatic heterocycles. The Morgan fingerprint density at radius 3 is 2.33 bits per heavy atom. The summed E-state index contributed by atoms with van der Waals surface area (Å²) in [7, 11) is 0. The maximum absolute atomic E-state index is 15.2. The minimum absolute atomic E-state index is 0.00205. The van der Waals surface area contributed by atoms with Gasteiger partial charge in [0, 0.05) is 44.1 Å². The monoisotopic (exact) mass is 634 g/mol. The number of aromatic nitrogens is 5. The molecule has 1 amide bonds. The SMILES string of the molecule is C#CC.CC.Cc1cc(/C=C(\F)C(=O)N2CCN(c3nc(OCC45CCCN4CCC5)nc4c(F)c(C)ncc34)CC2)nc(C)n1. The number of carbonyl (C=O) groups is 1. The maximum Gasteiger partial charge on any atom is 0.319 e. The van der Waals surface area contributed by atoms with Crippen molar-refractivity contribution in [2.75, 3.05) is 50.8 Å². The zero-order chi connectivity index (χ0) is 33.4. The molecule has 3 aliphatic rings. The summed E-state index contributed by atoms with van der Waals surface area (Å²) in [5.41, 5.74) is 1.45. The third-order valence-corrected chi connectivity index (χ3v) is 8.43. The van der Waals surface area contributed by atoms with Crippen LogP contribution < -0.4 is 9.64 Å². The molecule has 12 heteroatoms. The van der Waals surface area contributed by atoms with E-state index in [-0.39, 0.29) is 35.8 Å². The molecule has 246 valence electrons. The summed E-state index contributed by atoms with van der Waals surface area (Å²) in [6.07, 6.45) is 11.7. The number of piperazine rings is 1. The van der Waals surface area contributed by atoms with Crippen molar-refractivity contribution in [2.24, 2.45) is 0 Å². The highest BCUT2D eigenvalue weighted by molar-refractivity contribution is 5.95. The number of anilines is 1. The van der Waals surface area contributed by atoms with Crippen molar-refractivity contribution < 1.29 is 18.3 Å². The van der Waals surface area contributed by atoms with E-state index in [0.717, 1.165) is 44.8 Å². The van der Waals surface area contributed by atoms with Gasteiger partial charge in [-0.25, -0.2) is 18.7 Å². The standard InChI is InChI=1S/C29H34F2N8O2.C3H4.C2H6/c1-18-14-21(34-20(3)33-18)15-23(30)27(40)38-12-10-37(11-13-38)26-22-16-32-19(2)24(31)25(22)35-28(36-26)41-17-29-6-4-8-39(29)9-5-7-29;1-3-2;1-2/h14-16H,4-13,17H2,1-3H3;1H,2H3;1-2H3/b23-15-;;. The van der Waals surface area contributed by atoms with Crippen LogP contribution in [-0.2, 0) is 4.79 Å². The van der Waals surface area contributed by atoms with E-state index in [9.17, 15) is 9.18 Å². The van der Waals surface area contributed by atoms with Crippen molar-refractivity contribution in [2.45, 2.75) is 72.8 Å². The first-order valence-corrected chi connectivity index (χ1v) is 16.0. The minimum Gasteiger partial charge on any atom is -0.461 e. The number of ether oxygens (including phenoxy) is 1. The van der Waals surface area contributed by atoms with Gasteiger partial charge in [-0.3, -0.25) is 14.7 Å². The molecule has 0 aliphatic carbocycles. The quantitative estimate of drug-likeness (QED) is 0.267. The molecule has 3 saturated heterocycles. The van der Waals surface area contributed by atoms with Gasteiger partial charge in [0.2, 0.25) is 0 Å². The number of aryl methyl sites for hydroxylation is 3. The van der Waals surface area contributed by atoms with Gasteiger partial charge < -0.3 is 14.5 Å². The van der Waals surface area contributed by atoms with Gasteiger partial charge in [-0.2, -0.15) is 9.97 Å². The van der Waals surface area contributed by atoms with Crippen LogP contribution in [0.4, 0.5) is 14.6 Å². The van der Waals surface area contributed by atoms with Gasteiger partial charge in [0.1, 0.15) is 23.8 Å². The third kappa shape index (κ3) is 7.58. The Balaban J connectivity index is 0.000000908. The number of rotatable bonds is 6. The molecule has 0 bridgehead atoms. The fourth-order valence-electron chi connectivity index (χ4n) is 6.36. The van der Waals surface area contributed by atoms with Crippen LogP contribution in [0.2, 0.25) is 0 Å². The molecule has 46 heavy (non-hydrogen) atoms. The number of pyridine rings is 1. The van der Waals surface area contributed by atoms with E-state index in [1.807, 2.05) is 18.7 Å². The number of nitrogens with zero attached hydrogens (tertiary/aromatic N) is 8. The van der Waals surface area contributed by atoms with Crippen molar-refractivity contribution in [3.8, 4) is 18.4 Å². The van der Waals surface area contributed by atoms with Gasteiger partial charge in [-0.1, -0.05) is 13.8 Å². The van der Waals surface area contributed by atoms with Crippen LogP contribution in [0, 0.1) is 38.9 Å². The van der Waals surface area contributed by atoms with E-state index in [4.69, 9.17) is 9.72 Å². The summed E-state index contributed by atoms with van der Waals surface area (Å²) in [6.45, 7) is 14.7. The van der Waals surface area contributed by atoms with Crippen molar-refractivity contribution in [1.82, 2.24) is 34.7 Å². The molecule has 3 fully saturated rings. The Hall–Kier alpha value is -4.24. The molecular formula is C34H44F2N8O2. The highest BCUT2D eigenvalue weighted by atomic mass is 19.1. The second-order valence-corrected chi connectivity index (χ2v) is 11.5. The average Bonchev–Trinajstić information content (AvgIpc) is 3.63. The average molecular weight is 635 g/mol. The Morgan fingerprint density at radius 2 is 1.70 bits per heavy atom. The van der Waals surface area contributed by atoms with Gasteiger partial charge in [0.05, 0.1) is 22.3 Å². The lowest BCUT2D eigenvalue weighted by molar-refractivity contribution is -0.128. The van der Waals surface area contributed by atoms with Gasteiger partial charge in [-0.15, -0.1) is 12.3 Å². The number of hydrogen-bond acceptors (Lipinski definition) is 9. The topological polar surface area (TPSA) is 100 Å². The summed E-state index contributed by atoms with van der Waals surface area (Å²) < 4.78 is 36.3. The fraction of sp³-hybridized carbons (Fsp3) is 0.529. The second-order valence-electron chi connectivity index (χ2n) is 11.5. The van der Waals surface area contributed by atoms with Crippen molar-refractivity contribution in [1.29, 1.82) is 0 Å². The first-order chi connectivity index (χ1) is 22.1. The Morgan fingerprint density at radius 1 is 1.04 bits per heavy atom. The Bertz CT molecular complexity index is 1580. The Labute approximate surface area is 270 Å². The van der Waals surface area contributed by atoms with Gasteiger partial charge >= 0.3 is 6.01 Å². The molecule has 0 saturated carbocycles. The summed E-state index contributed by atoms with van der Waals surface area (Å²) in [4.78, 5) is 40.5. The van der Waals surface area contributed by atoms with Crippen molar-refractivity contribution in [3.05, 3.63) is 46.8 Å². The minimum atomic E-state index is -0.881. The lowest BCUT2D eigenvalue weighted by Crippen LogP contribution is -2.49. The van der Waals surface area contributed by atoms with E-state index in [2.05, 4.69) is 37.2 Å². The molecule has 0 radical (unpaired) electrons. The number of hydrogen-bond donors (Lipinski definition) is 0. The summed E-state index contributed by atoms with van der Waals surface area (Å²) >= 11 is 0. The van der Waals surface area contributed by atoms with Crippen LogP contribution in [0.25, 0.3) is 17.0 Å². The lowest BCUT2D eigenvalue weighted by Gasteiger charge is -2.35. The third-order valence-electron chi connectivity index (χ3n) is 8.43. The van der Waals surface area contributed by atoms with Crippen molar-refractivity contribution in [3.63, 3.8) is 0 Å². The van der Waals surface area contributed by atoms with E-state index < -0.39 is 17.6 Å². The first-order valence-electron chi connectivity index (χ1n) is 16.0. The number of amides is 1. The second kappa shape index (κ2) is 15.4. The molecule has 0 spiro atoms. The summed E-state index contributed by atoms with van der Waals surface area (Å²) in [5, 5.41) is 0.474. The molecule has 0 N–H and O–H groups in total. The van der Waals surface area contributed by atoms with Crippen LogP contribution in [0.15, 0.2) is 18.1 Å². The Kier molecular flexibility index (Phi) is 11.6. The molecule has 10 nitrogen and oxygen atoms in total. The van der Waals surface area contributed by atoms with Gasteiger partial charge in [-0.05, 0) is 72.5 Å². The summed E-state index contributed by atoms with van der Waals surface area (Å²) in [6, 6.07) is 1.76. The molecule has 0 aromatic carbocycles. The van der Waals surface area contributed by atoms with E-state index in [0.29, 0.717) is 48.1 Å². The van der Waals surface area contributed by atoms with E-state index >= 15 is 4.39 Å². The summed E-state index contributed by atoms with van der Waals surface area (Å²) in [5.74, 6) is 1.17. The van der Waals surface area contributed by atoms with E-state index in [1.165, 1.54) is 4.90 Å². The maximum atomic E-state index is 15.2. The zero-order valence-corrected chi connectivity index (χ0v) is 27.7. The van der Waals surface area contributed by atoms with Gasteiger partial charge in [0.25, 0.3) is 5.91 Å². The normalized spacial score (nSPS) is 17.4. The van der Waals surface area contributed by atoms with Crippen LogP contribution in [-0.4, -0.2) is 92.0 Å². The largest absolute Gasteiger partial charge is 0.461 e.